The standard InChI is InChI=1S/C41H78NO7P/c1-6-8-10-12-13-14-15-16-17-18-19-20-21-22-23-24-25-26-27-28-29-30-31-33-36-46-38-40(49-41(43)34-32-11-9-7-2)39-48-50(44,45)47-37-35-42(3,4)5/h15-16,18-19,21-22,40H,6-14,17,20,23-39H2,1-5H3/b16-15-,19-18-,22-21-. The molecule has 0 aliphatic rings. The van der Waals surface area contributed by atoms with Gasteiger partial charge in [0.15, 0.2) is 0 Å². The van der Waals surface area contributed by atoms with Gasteiger partial charge in [-0.2, -0.15) is 0 Å². The molecule has 0 N–H and O–H groups in total. The van der Waals surface area contributed by atoms with E-state index in [1.165, 1.54) is 89.9 Å². The van der Waals surface area contributed by atoms with Crippen LogP contribution in [0.25, 0.3) is 0 Å². The van der Waals surface area contributed by atoms with Crippen molar-refractivity contribution in [3.05, 3.63) is 36.5 Å². The second-order valence-corrected chi connectivity index (χ2v) is 16.1. The molecule has 0 spiro atoms. The Hall–Kier alpha value is -1.28. The van der Waals surface area contributed by atoms with Gasteiger partial charge in [-0.1, -0.05) is 140 Å². The molecule has 0 saturated carbocycles. The summed E-state index contributed by atoms with van der Waals surface area (Å²) in [5.74, 6) is -0.355. The van der Waals surface area contributed by atoms with Crippen LogP contribution in [0.4, 0.5) is 0 Å². The number of hydrogen-bond acceptors (Lipinski definition) is 7. The molecule has 0 aliphatic heterocycles. The number of likely N-dealkylation sites (N-methyl/N-ethyl adjacent to an activating group) is 1. The highest BCUT2D eigenvalue weighted by Gasteiger charge is 2.20. The highest BCUT2D eigenvalue weighted by molar-refractivity contribution is 7.45. The van der Waals surface area contributed by atoms with E-state index < -0.39 is 13.9 Å². The molecule has 0 saturated heterocycles. The van der Waals surface area contributed by atoms with Crippen LogP contribution in [0.15, 0.2) is 36.5 Å². The number of phosphoric ester groups is 1. The molecule has 0 fully saturated rings. The van der Waals surface area contributed by atoms with Crippen LogP contribution >= 0.6 is 7.82 Å². The molecule has 0 heterocycles. The van der Waals surface area contributed by atoms with E-state index in [1.54, 1.807) is 0 Å². The van der Waals surface area contributed by atoms with Gasteiger partial charge in [-0.15, -0.1) is 0 Å². The van der Waals surface area contributed by atoms with E-state index in [2.05, 4.69) is 50.3 Å². The monoisotopic (exact) mass is 728 g/mol. The first kappa shape index (κ1) is 48.7. The number of carbonyl (C=O) groups is 1. The maximum Gasteiger partial charge on any atom is 0.306 e. The summed E-state index contributed by atoms with van der Waals surface area (Å²) in [6.07, 6.45) is 39.3. The number of esters is 1. The Morgan fingerprint density at radius 1 is 0.620 bits per heavy atom. The van der Waals surface area contributed by atoms with Gasteiger partial charge in [-0.05, 0) is 51.4 Å². The highest BCUT2D eigenvalue weighted by atomic mass is 31.2. The van der Waals surface area contributed by atoms with Crippen LogP contribution in [0.5, 0.6) is 0 Å². The summed E-state index contributed by atoms with van der Waals surface area (Å²) in [7, 11) is 1.35. The number of hydrogen-bond donors (Lipinski definition) is 0. The summed E-state index contributed by atoms with van der Waals surface area (Å²) in [4.78, 5) is 24.6. The largest absolute Gasteiger partial charge is 0.756 e. The van der Waals surface area contributed by atoms with E-state index in [-0.39, 0.29) is 25.8 Å². The topological polar surface area (TPSA) is 94.1 Å². The molecule has 0 aromatic heterocycles. The zero-order valence-electron chi connectivity index (χ0n) is 33.1. The lowest BCUT2D eigenvalue weighted by molar-refractivity contribution is -0.870. The number of unbranched alkanes of at least 4 members (excludes halogenated alkanes) is 17. The van der Waals surface area contributed by atoms with E-state index in [0.29, 0.717) is 24.1 Å². The molecule has 50 heavy (non-hydrogen) atoms. The minimum Gasteiger partial charge on any atom is -0.756 e. The first-order valence-electron chi connectivity index (χ1n) is 20.2. The Morgan fingerprint density at radius 3 is 1.64 bits per heavy atom. The molecular weight excluding hydrogens is 649 g/mol. The number of carbonyl (C=O) groups excluding carboxylic acids is 1. The summed E-state index contributed by atoms with van der Waals surface area (Å²) in [6.45, 7) is 5.25. The predicted octanol–water partition coefficient (Wildman–Crippen LogP) is 10.8. The molecule has 0 aromatic rings. The maximum atomic E-state index is 12.4. The number of nitrogens with zero attached hydrogens (tertiary/aromatic N) is 1. The van der Waals surface area contributed by atoms with Gasteiger partial charge in [0.1, 0.15) is 19.3 Å². The van der Waals surface area contributed by atoms with Crippen LogP contribution in [0.3, 0.4) is 0 Å². The Morgan fingerprint density at radius 2 is 1.10 bits per heavy atom. The van der Waals surface area contributed by atoms with Gasteiger partial charge in [0.05, 0.1) is 34.4 Å². The Balaban J connectivity index is 3.95. The Bertz CT molecular complexity index is 900. The van der Waals surface area contributed by atoms with Crippen molar-refractivity contribution in [1.82, 2.24) is 0 Å². The summed E-state index contributed by atoms with van der Waals surface area (Å²) in [5, 5.41) is 0. The molecule has 294 valence electrons. The van der Waals surface area contributed by atoms with Crippen molar-refractivity contribution in [1.29, 1.82) is 0 Å². The van der Waals surface area contributed by atoms with E-state index in [1.807, 2.05) is 21.1 Å². The third-order valence-corrected chi connectivity index (χ3v) is 9.41. The van der Waals surface area contributed by atoms with Crippen molar-refractivity contribution in [2.24, 2.45) is 0 Å². The second-order valence-electron chi connectivity index (χ2n) is 14.6. The van der Waals surface area contributed by atoms with Gasteiger partial charge in [0, 0.05) is 13.0 Å². The Kier molecular flexibility index (Phi) is 33.9. The molecular formula is C41H78NO7P. The third-order valence-electron chi connectivity index (χ3n) is 8.44. The lowest BCUT2D eigenvalue weighted by Gasteiger charge is -2.28. The first-order valence-corrected chi connectivity index (χ1v) is 21.7. The number of ether oxygens (including phenoxy) is 2. The SMILES string of the molecule is CCCCCCC/C=C\C/C=C\C/C=C\CCCCCCCCCCCOCC(COP(=O)([O-])OCC[N+](C)(C)C)OC(=O)CCCCCC. The minimum absolute atomic E-state index is 0.0244. The fourth-order valence-corrected chi connectivity index (χ4v) is 5.99. The van der Waals surface area contributed by atoms with E-state index in [4.69, 9.17) is 18.5 Å². The minimum atomic E-state index is -4.50. The highest BCUT2D eigenvalue weighted by Crippen LogP contribution is 2.38. The molecule has 0 aliphatic carbocycles. The molecule has 2 unspecified atom stereocenters. The number of phosphoric acid groups is 1. The predicted molar refractivity (Wildman–Crippen MR) is 208 cm³/mol. The van der Waals surface area contributed by atoms with Gasteiger partial charge in [-0.3, -0.25) is 9.36 Å². The fraction of sp³-hybridized carbons (Fsp3) is 0.829. The molecule has 0 bridgehead atoms. The van der Waals surface area contributed by atoms with Crippen molar-refractivity contribution in [2.75, 3.05) is 54.1 Å². The lowest BCUT2D eigenvalue weighted by Crippen LogP contribution is -2.37. The maximum absolute atomic E-state index is 12.4. The van der Waals surface area contributed by atoms with E-state index >= 15 is 0 Å². The molecule has 9 heteroatoms. The van der Waals surface area contributed by atoms with Crippen LogP contribution in [0, 0.1) is 0 Å². The van der Waals surface area contributed by atoms with Gasteiger partial charge in [0.2, 0.25) is 0 Å². The fourth-order valence-electron chi connectivity index (χ4n) is 5.26. The smallest absolute Gasteiger partial charge is 0.306 e. The van der Waals surface area contributed by atoms with Crippen LogP contribution in [0.1, 0.15) is 162 Å². The molecule has 0 amide bonds. The average molecular weight is 728 g/mol. The van der Waals surface area contributed by atoms with E-state index in [9.17, 15) is 14.3 Å². The second kappa shape index (κ2) is 34.8. The third kappa shape index (κ3) is 38.0. The van der Waals surface area contributed by atoms with Crippen LogP contribution in [-0.2, 0) is 27.9 Å². The van der Waals surface area contributed by atoms with Crippen LogP contribution in [-0.4, -0.2) is 70.7 Å². The normalized spacial score (nSPS) is 14.3. The molecule has 0 radical (unpaired) electrons. The molecule has 2 atom stereocenters. The summed E-state index contributed by atoms with van der Waals surface area (Å²) in [5.41, 5.74) is 0. The zero-order chi connectivity index (χ0) is 37.0. The van der Waals surface area contributed by atoms with Crippen molar-refractivity contribution >= 4 is 13.8 Å². The van der Waals surface area contributed by atoms with Crippen molar-refractivity contribution in [3.8, 4) is 0 Å². The average Bonchev–Trinajstić information content (AvgIpc) is 3.06. The Labute approximate surface area is 308 Å². The molecule has 0 aromatic carbocycles. The summed E-state index contributed by atoms with van der Waals surface area (Å²) < 4.78 is 34.2. The van der Waals surface area contributed by atoms with Crippen molar-refractivity contribution in [3.63, 3.8) is 0 Å². The summed E-state index contributed by atoms with van der Waals surface area (Å²) in [6, 6.07) is 0. The quantitative estimate of drug-likeness (QED) is 0.0207. The van der Waals surface area contributed by atoms with Crippen molar-refractivity contribution < 1.29 is 37.3 Å². The van der Waals surface area contributed by atoms with Crippen molar-refractivity contribution in [2.45, 2.75) is 168 Å². The van der Waals surface area contributed by atoms with Crippen LogP contribution in [0.2, 0.25) is 0 Å². The zero-order valence-corrected chi connectivity index (χ0v) is 34.0. The van der Waals surface area contributed by atoms with Gasteiger partial charge in [-0.25, -0.2) is 0 Å². The molecule has 0 rings (SSSR count). The molecule has 8 nitrogen and oxygen atoms in total. The number of rotatable bonds is 37. The first-order chi connectivity index (χ1) is 24.1. The van der Waals surface area contributed by atoms with Crippen LogP contribution < -0.4 is 4.89 Å². The van der Waals surface area contributed by atoms with E-state index in [0.717, 1.165) is 51.4 Å². The van der Waals surface area contributed by atoms with Gasteiger partial charge >= 0.3 is 5.97 Å². The lowest BCUT2D eigenvalue weighted by atomic mass is 10.1. The summed E-state index contributed by atoms with van der Waals surface area (Å²) >= 11 is 0. The number of quaternary nitrogens is 1. The van der Waals surface area contributed by atoms with Gasteiger partial charge in [0.25, 0.3) is 7.82 Å². The van der Waals surface area contributed by atoms with Gasteiger partial charge < -0.3 is 27.9 Å². The number of allylic oxidation sites excluding steroid dienone is 6.